The van der Waals surface area contributed by atoms with Crippen LogP contribution in [-0.4, -0.2) is 14.7 Å². The highest BCUT2D eigenvalue weighted by molar-refractivity contribution is 5.54. The zero-order valence-electron chi connectivity index (χ0n) is 7.57. The Morgan fingerprint density at radius 3 is 3.08 bits per heavy atom. The first-order valence-electron chi connectivity index (χ1n) is 4.42. The Hall–Kier alpha value is -1.35. The maximum Gasteiger partial charge on any atom is 0.0719 e. The van der Waals surface area contributed by atoms with Gasteiger partial charge in [0.2, 0.25) is 0 Å². The summed E-state index contributed by atoms with van der Waals surface area (Å²) in [6, 6.07) is 5.83. The van der Waals surface area contributed by atoms with Crippen LogP contribution < -0.4 is 0 Å². The second kappa shape index (κ2) is 3.18. The van der Waals surface area contributed by atoms with Crippen molar-refractivity contribution in [1.29, 1.82) is 0 Å². The number of nitrogens with zero attached hydrogens (tertiary/aromatic N) is 2. The molecule has 0 bridgehead atoms. The molecule has 0 saturated heterocycles. The van der Waals surface area contributed by atoms with E-state index >= 15 is 0 Å². The quantitative estimate of drug-likeness (QED) is 0.750. The van der Waals surface area contributed by atoms with Gasteiger partial charge in [-0.05, 0) is 18.6 Å². The van der Waals surface area contributed by atoms with Crippen molar-refractivity contribution in [2.45, 2.75) is 20.0 Å². The lowest BCUT2D eigenvalue weighted by molar-refractivity contribution is 0.283. The Balaban J connectivity index is 2.67. The Labute approximate surface area is 76.6 Å². The number of fused-ring (bicyclic) bond motifs is 1. The minimum atomic E-state index is 0.0686. The lowest BCUT2D eigenvalue weighted by Crippen LogP contribution is -1.91. The minimum absolute atomic E-state index is 0.0686. The van der Waals surface area contributed by atoms with Gasteiger partial charge in [-0.1, -0.05) is 13.0 Å². The van der Waals surface area contributed by atoms with Crippen molar-refractivity contribution in [1.82, 2.24) is 9.61 Å². The molecule has 0 radical (unpaired) electrons. The second-order valence-electron chi connectivity index (χ2n) is 3.01. The molecule has 3 heteroatoms. The van der Waals surface area contributed by atoms with E-state index in [0.29, 0.717) is 0 Å². The van der Waals surface area contributed by atoms with Crippen LogP contribution in [0, 0.1) is 0 Å². The topological polar surface area (TPSA) is 37.5 Å². The summed E-state index contributed by atoms with van der Waals surface area (Å²) in [5, 5.41) is 13.4. The maximum atomic E-state index is 9.08. The average molecular weight is 176 g/mol. The van der Waals surface area contributed by atoms with Gasteiger partial charge < -0.3 is 5.11 Å². The molecule has 68 valence electrons. The third-order valence-electron chi connectivity index (χ3n) is 2.17. The summed E-state index contributed by atoms with van der Waals surface area (Å²) < 4.78 is 1.81. The van der Waals surface area contributed by atoms with E-state index in [0.717, 1.165) is 23.2 Å². The first-order valence-corrected chi connectivity index (χ1v) is 4.42. The van der Waals surface area contributed by atoms with Gasteiger partial charge in [0.25, 0.3) is 0 Å². The third-order valence-corrected chi connectivity index (χ3v) is 2.17. The fourth-order valence-electron chi connectivity index (χ4n) is 1.43. The lowest BCUT2D eigenvalue weighted by Gasteiger charge is -1.97. The molecule has 13 heavy (non-hydrogen) atoms. The molecule has 0 aliphatic carbocycles. The molecular weight excluding hydrogens is 164 g/mol. The molecule has 0 atom stereocenters. The van der Waals surface area contributed by atoms with Gasteiger partial charge in [-0.3, -0.25) is 0 Å². The van der Waals surface area contributed by atoms with Crippen LogP contribution in [0.1, 0.15) is 18.2 Å². The predicted molar refractivity (Wildman–Crippen MR) is 50.5 cm³/mol. The molecule has 0 aromatic carbocycles. The number of pyridine rings is 1. The molecule has 0 amide bonds. The number of hydrogen-bond acceptors (Lipinski definition) is 2. The molecule has 0 saturated carbocycles. The Bertz CT molecular complexity index is 420. The van der Waals surface area contributed by atoms with Crippen molar-refractivity contribution in [2.75, 3.05) is 0 Å². The molecule has 3 nitrogen and oxygen atoms in total. The molecule has 0 aliphatic rings. The zero-order chi connectivity index (χ0) is 9.26. The van der Waals surface area contributed by atoms with Gasteiger partial charge in [0.1, 0.15) is 0 Å². The Kier molecular flexibility index (Phi) is 2.02. The van der Waals surface area contributed by atoms with Crippen LogP contribution in [0.5, 0.6) is 0 Å². The van der Waals surface area contributed by atoms with E-state index in [9.17, 15) is 0 Å². The fourth-order valence-corrected chi connectivity index (χ4v) is 1.43. The van der Waals surface area contributed by atoms with Crippen LogP contribution in [0.3, 0.4) is 0 Å². The van der Waals surface area contributed by atoms with Crippen LogP contribution >= 0.6 is 0 Å². The zero-order valence-corrected chi connectivity index (χ0v) is 7.57. The average Bonchev–Trinajstić information content (AvgIpc) is 2.59. The van der Waals surface area contributed by atoms with Crippen LogP contribution in [0.4, 0.5) is 0 Å². The van der Waals surface area contributed by atoms with Gasteiger partial charge in [0.05, 0.1) is 17.8 Å². The normalized spacial score (nSPS) is 10.9. The van der Waals surface area contributed by atoms with Crippen molar-refractivity contribution in [3.8, 4) is 0 Å². The summed E-state index contributed by atoms with van der Waals surface area (Å²) in [5.74, 6) is 0. The monoisotopic (exact) mass is 176 g/mol. The summed E-state index contributed by atoms with van der Waals surface area (Å²) in [6.45, 7) is 2.14. The molecule has 0 aliphatic heterocycles. The van der Waals surface area contributed by atoms with Crippen LogP contribution in [0.15, 0.2) is 24.4 Å². The molecule has 2 aromatic heterocycles. The highest BCUT2D eigenvalue weighted by Gasteiger charge is 2.02. The predicted octanol–water partition coefficient (Wildman–Crippen LogP) is 1.39. The van der Waals surface area contributed by atoms with E-state index in [-0.39, 0.29) is 6.61 Å². The summed E-state index contributed by atoms with van der Waals surface area (Å²) in [5.41, 5.74) is 2.98. The van der Waals surface area contributed by atoms with Crippen LogP contribution in [0.25, 0.3) is 5.52 Å². The van der Waals surface area contributed by atoms with E-state index in [4.69, 9.17) is 5.11 Å². The van der Waals surface area contributed by atoms with Gasteiger partial charge >= 0.3 is 0 Å². The molecular formula is C10H12N2O. The van der Waals surface area contributed by atoms with Crippen molar-refractivity contribution < 1.29 is 5.11 Å². The van der Waals surface area contributed by atoms with E-state index in [2.05, 4.69) is 12.0 Å². The number of aliphatic hydroxyl groups is 1. The van der Waals surface area contributed by atoms with Crippen LogP contribution in [0.2, 0.25) is 0 Å². The number of rotatable bonds is 2. The summed E-state index contributed by atoms with van der Waals surface area (Å²) in [6.07, 6.45) is 2.82. The molecule has 2 heterocycles. The molecule has 2 rings (SSSR count). The first kappa shape index (κ1) is 8.26. The molecule has 0 unspecified atom stereocenters. The maximum absolute atomic E-state index is 9.08. The van der Waals surface area contributed by atoms with Gasteiger partial charge in [0, 0.05) is 11.8 Å². The SMILES string of the molecule is CCc1cc2c(CO)cccn2n1. The minimum Gasteiger partial charge on any atom is -0.392 e. The largest absolute Gasteiger partial charge is 0.392 e. The molecule has 2 aromatic rings. The van der Waals surface area contributed by atoms with Crippen molar-refractivity contribution in [3.05, 3.63) is 35.7 Å². The van der Waals surface area contributed by atoms with Gasteiger partial charge in [-0.15, -0.1) is 0 Å². The summed E-state index contributed by atoms with van der Waals surface area (Å²) >= 11 is 0. The van der Waals surface area contributed by atoms with E-state index in [1.807, 2.05) is 28.9 Å². The third kappa shape index (κ3) is 1.31. The van der Waals surface area contributed by atoms with Crippen molar-refractivity contribution in [3.63, 3.8) is 0 Å². The first-order chi connectivity index (χ1) is 6.35. The number of aryl methyl sites for hydroxylation is 1. The van der Waals surface area contributed by atoms with E-state index in [1.54, 1.807) is 0 Å². The number of aliphatic hydroxyl groups excluding tert-OH is 1. The van der Waals surface area contributed by atoms with Gasteiger partial charge in [-0.25, -0.2) is 4.52 Å². The molecule has 0 fully saturated rings. The summed E-state index contributed by atoms with van der Waals surface area (Å²) in [4.78, 5) is 0. The second-order valence-corrected chi connectivity index (χ2v) is 3.01. The highest BCUT2D eigenvalue weighted by atomic mass is 16.3. The lowest BCUT2D eigenvalue weighted by atomic mass is 10.2. The molecule has 1 N–H and O–H groups in total. The smallest absolute Gasteiger partial charge is 0.0719 e. The van der Waals surface area contributed by atoms with E-state index in [1.165, 1.54) is 0 Å². The fraction of sp³-hybridized carbons (Fsp3) is 0.300. The Morgan fingerprint density at radius 2 is 2.38 bits per heavy atom. The van der Waals surface area contributed by atoms with Gasteiger partial charge in [0.15, 0.2) is 0 Å². The number of hydrogen-bond donors (Lipinski definition) is 1. The highest BCUT2D eigenvalue weighted by Crippen LogP contribution is 2.12. The Morgan fingerprint density at radius 1 is 1.54 bits per heavy atom. The van der Waals surface area contributed by atoms with Crippen LogP contribution in [-0.2, 0) is 13.0 Å². The van der Waals surface area contributed by atoms with Crippen molar-refractivity contribution in [2.24, 2.45) is 0 Å². The number of aromatic nitrogens is 2. The van der Waals surface area contributed by atoms with E-state index < -0.39 is 0 Å². The van der Waals surface area contributed by atoms with Crippen molar-refractivity contribution >= 4 is 5.52 Å². The molecule has 0 spiro atoms. The summed E-state index contributed by atoms with van der Waals surface area (Å²) in [7, 11) is 0. The van der Waals surface area contributed by atoms with Gasteiger partial charge in [-0.2, -0.15) is 5.10 Å². The standard InChI is InChI=1S/C10H12N2O/c1-2-9-6-10-8(7-13)4-3-5-12(10)11-9/h3-6,13H,2,7H2,1H3.